The van der Waals surface area contributed by atoms with Gasteiger partial charge in [-0.1, -0.05) is 114 Å². The fourth-order valence-electron chi connectivity index (χ4n) is 10.2. The molecule has 4 aliphatic rings. The van der Waals surface area contributed by atoms with E-state index in [1.165, 1.54) is 101 Å². The van der Waals surface area contributed by atoms with Gasteiger partial charge in [0, 0.05) is 30.4 Å². The Morgan fingerprint density at radius 3 is 0.817 bits per heavy atom. The van der Waals surface area contributed by atoms with Crippen LogP contribution in [-0.4, -0.2) is 19.9 Å². The standard InChI is InChI=1S/C16H14F3N.3C16H13F3N.CH4.Ir/c4*17-16(18,19)14-7-8-15(20-10-14)13-6-5-11-3-1-2-4-12(11)9-13;;/h5-10H,1-4H2;3*5,7-10H,1-4H2;1H4;/q;3*-1;;+3. The van der Waals surface area contributed by atoms with Gasteiger partial charge < -0.3 is 15.0 Å². The van der Waals surface area contributed by atoms with Crippen molar-refractivity contribution >= 4 is 0 Å². The molecule has 0 spiro atoms. The quantitative estimate of drug-likeness (QED) is 0.130. The molecule has 0 atom stereocenters. The summed E-state index contributed by atoms with van der Waals surface area (Å²) >= 11 is 0. The van der Waals surface area contributed by atoms with Crippen molar-refractivity contribution in [1.82, 2.24) is 19.9 Å². The summed E-state index contributed by atoms with van der Waals surface area (Å²) in [5, 5.41) is 0. The molecule has 0 amide bonds. The van der Waals surface area contributed by atoms with Gasteiger partial charge in [-0.25, -0.2) is 0 Å². The molecule has 0 radical (unpaired) electrons. The van der Waals surface area contributed by atoms with Crippen LogP contribution in [0.1, 0.15) is 126 Å². The van der Waals surface area contributed by atoms with E-state index in [1.807, 2.05) is 42.5 Å². The average molecular weight is 1310 g/mol. The van der Waals surface area contributed by atoms with E-state index in [-0.39, 0.29) is 27.5 Å². The molecule has 17 heteroatoms. The minimum Gasteiger partial charge on any atom is -0.304 e. The summed E-state index contributed by atoms with van der Waals surface area (Å²) in [5.41, 5.74) is 12.9. The number of rotatable bonds is 4. The average Bonchev–Trinajstić information content (AvgIpc) is 3.58. The molecule has 0 saturated heterocycles. The van der Waals surface area contributed by atoms with Crippen molar-refractivity contribution in [2.45, 2.75) is 135 Å². The molecule has 8 aromatic rings. The molecule has 0 unspecified atom stereocenters. The van der Waals surface area contributed by atoms with Gasteiger partial charge in [0.2, 0.25) is 0 Å². The molecule has 4 aromatic carbocycles. The normalized spacial score (nSPS) is 14.6. The van der Waals surface area contributed by atoms with E-state index in [4.69, 9.17) is 0 Å². The third kappa shape index (κ3) is 16.3. The predicted octanol–water partition coefficient (Wildman–Crippen LogP) is 18.6. The Labute approximate surface area is 483 Å². The fraction of sp³-hybridized carbons (Fsp3) is 0.323. The molecule has 430 valence electrons. The van der Waals surface area contributed by atoms with E-state index in [0.717, 1.165) is 142 Å². The van der Waals surface area contributed by atoms with Gasteiger partial charge in [0.25, 0.3) is 0 Å². The van der Waals surface area contributed by atoms with E-state index >= 15 is 0 Å². The van der Waals surface area contributed by atoms with Crippen LogP contribution in [0.15, 0.2) is 128 Å². The van der Waals surface area contributed by atoms with E-state index in [1.54, 1.807) is 0 Å². The molecule has 4 heterocycles. The number of pyridine rings is 4. The summed E-state index contributed by atoms with van der Waals surface area (Å²) in [4.78, 5) is 15.7. The number of fused-ring (bicyclic) bond motifs is 4. The van der Waals surface area contributed by atoms with Crippen molar-refractivity contribution in [1.29, 1.82) is 0 Å². The Hall–Kier alpha value is -6.71. The fourth-order valence-corrected chi connectivity index (χ4v) is 10.2. The van der Waals surface area contributed by atoms with Crippen LogP contribution < -0.4 is 0 Å². The number of nitrogens with zero attached hydrogens (tertiary/aromatic N) is 4. The van der Waals surface area contributed by atoms with Crippen LogP contribution in [0, 0.1) is 18.2 Å². The second-order valence-corrected chi connectivity index (χ2v) is 20.2. The van der Waals surface area contributed by atoms with Crippen molar-refractivity contribution in [3.05, 3.63) is 213 Å². The van der Waals surface area contributed by atoms with E-state index in [9.17, 15) is 52.7 Å². The monoisotopic (exact) mass is 1310 g/mol. The maximum absolute atomic E-state index is 12.5. The Kier molecular flexibility index (Phi) is 20.8. The zero-order valence-corrected chi connectivity index (χ0v) is 46.0. The SMILES string of the molecule is C.FC(F)(F)c1ccc(-c2[c-]cc3c(c2)CCCC3)nc1.FC(F)(F)c1ccc(-c2[c-]cc3c(c2)CCCC3)nc1.FC(F)(F)c1ccc(-c2[c-]cc3c(c2)CCCC3)nc1.FC(F)(F)c1ccc(-c2ccc3c(c2)CCCC3)nc1.[Ir+3]. The van der Waals surface area contributed by atoms with Crippen LogP contribution in [0.25, 0.3) is 45.0 Å². The van der Waals surface area contributed by atoms with Crippen molar-refractivity contribution < 1.29 is 72.8 Å². The van der Waals surface area contributed by atoms with Gasteiger partial charge in [-0.3, -0.25) is 4.98 Å². The second-order valence-electron chi connectivity index (χ2n) is 20.2. The minimum atomic E-state index is -4.34. The van der Waals surface area contributed by atoms with Crippen molar-refractivity contribution in [2.24, 2.45) is 0 Å². The van der Waals surface area contributed by atoms with Crippen molar-refractivity contribution in [3.63, 3.8) is 0 Å². The van der Waals surface area contributed by atoms with E-state index in [2.05, 4.69) is 50.3 Å². The summed E-state index contributed by atoms with van der Waals surface area (Å²) in [6.45, 7) is 0. The smallest absolute Gasteiger partial charge is 0.304 e. The molecule has 0 fully saturated rings. The van der Waals surface area contributed by atoms with E-state index in [0.29, 0.717) is 22.8 Å². The van der Waals surface area contributed by atoms with Crippen LogP contribution in [-0.2, 0) is 96.2 Å². The van der Waals surface area contributed by atoms with Gasteiger partial charge in [0.05, 0.1) is 27.9 Å². The topological polar surface area (TPSA) is 51.6 Å². The molecule has 4 aliphatic carbocycles. The first-order valence-corrected chi connectivity index (χ1v) is 26.5. The van der Waals surface area contributed by atoms with Crippen molar-refractivity contribution in [2.75, 3.05) is 0 Å². The van der Waals surface area contributed by atoms with Crippen LogP contribution >= 0.6 is 0 Å². The summed E-state index contributed by atoms with van der Waals surface area (Å²) < 4.78 is 150. The van der Waals surface area contributed by atoms with Crippen LogP contribution in [0.5, 0.6) is 0 Å². The number of aromatic nitrogens is 4. The van der Waals surface area contributed by atoms with Gasteiger partial charge in [-0.15, -0.1) is 105 Å². The summed E-state index contributed by atoms with van der Waals surface area (Å²) in [6.07, 6.45) is 4.03. The van der Waals surface area contributed by atoms with Crippen LogP contribution in [0.4, 0.5) is 52.7 Å². The first kappa shape index (κ1) is 62.9. The van der Waals surface area contributed by atoms with Gasteiger partial charge in [-0.2, -0.15) is 52.7 Å². The minimum absolute atomic E-state index is 0. The number of aryl methyl sites for hydroxylation is 8. The third-order valence-corrected chi connectivity index (χ3v) is 14.7. The molecule has 0 N–H and O–H groups in total. The van der Waals surface area contributed by atoms with Crippen molar-refractivity contribution in [3.8, 4) is 45.0 Å². The molecule has 0 aliphatic heterocycles. The molecular formula is C65H57F12IrN4. The molecule has 82 heavy (non-hydrogen) atoms. The molecule has 12 rings (SSSR count). The number of benzene rings is 4. The maximum atomic E-state index is 12.5. The second kappa shape index (κ2) is 27.1. The van der Waals surface area contributed by atoms with Gasteiger partial charge in [0.1, 0.15) is 0 Å². The van der Waals surface area contributed by atoms with Gasteiger partial charge in [0.15, 0.2) is 0 Å². The molecule has 4 nitrogen and oxygen atoms in total. The Bertz CT molecular complexity index is 2920. The molecule has 4 aromatic heterocycles. The number of hydrogen-bond acceptors (Lipinski definition) is 4. The predicted molar refractivity (Wildman–Crippen MR) is 289 cm³/mol. The first-order valence-electron chi connectivity index (χ1n) is 26.5. The molecular weight excluding hydrogens is 1260 g/mol. The molecule has 0 bridgehead atoms. The molecule has 0 saturated carbocycles. The number of hydrogen-bond donors (Lipinski definition) is 0. The summed E-state index contributed by atoms with van der Waals surface area (Å²) in [6, 6.07) is 37.3. The zero-order chi connectivity index (χ0) is 56.7. The van der Waals surface area contributed by atoms with E-state index < -0.39 is 47.0 Å². The summed E-state index contributed by atoms with van der Waals surface area (Å²) in [7, 11) is 0. The Morgan fingerprint density at radius 1 is 0.293 bits per heavy atom. The third-order valence-electron chi connectivity index (χ3n) is 14.7. The van der Waals surface area contributed by atoms with Gasteiger partial charge >= 0.3 is 44.8 Å². The zero-order valence-electron chi connectivity index (χ0n) is 43.6. The maximum Gasteiger partial charge on any atom is 3.00 e. The summed E-state index contributed by atoms with van der Waals surface area (Å²) in [5.74, 6) is 0. The number of halogens is 12. The first-order chi connectivity index (χ1) is 38.2. The number of alkyl halides is 12. The largest absolute Gasteiger partial charge is 3.00 e. The van der Waals surface area contributed by atoms with Crippen LogP contribution in [0.2, 0.25) is 0 Å². The Morgan fingerprint density at radius 2 is 0.549 bits per heavy atom. The van der Waals surface area contributed by atoms with Gasteiger partial charge in [-0.05, 0) is 91.4 Å². The van der Waals surface area contributed by atoms with Crippen LogP contribution in [0.3, 0.4) is 0 Å². The Balaban J connectivity index is 0.000000156.